The zero-order valence-electron chi connectivity index (χ0n) is 24.1. The summed E-state index contributed by atoms with van der Waals surface area (Å²) in [5.74, 6) is 0.622. The van der Waals surface area contributed by atoms with Crippen LogP contribution in [-0.4, -0.2) is 37.4 Å². The Labute approximate surface area is 227 Å². The number of hydrogen-bond acceptors (Lipinski definition) is 3. The van der Waals surface area contributed by atoms with Crippen LogP contribution in [0.2, 0.25) is 0 Å². The van der Waals surface area contributed by atoms with Crippen LogP contribution in [0.4, 0.5) is 0 Å². The Morgan fingerprint density at radius 2 is 1.46 bits per heavy atom. The van der Waals surface area contributed by atoms with Crippen molar-refractivity contribution in [3.8, 4) is 5.75 Å². The highest BCUT2D eigenvalue weighted by molar-refractivity contribution is 5.69. The third-order valence-corrected chi connectivity index (χ3v) is 6.87. The normalized spacial score (nSPS) is 12.3. The number of rotatable bonds is 20. The highest BCUT2D eigenvalue weighted by Crippen LogP contribution is 2.20. The Morgan fingerprint density at radius 3 is 2.16 bits per heavy atom. The van der Waals surface area contributed by atoms with Crippen LogP contribution in [0, 0.1) is 0 Å². The van der Waals surface area contributed by atoms with Crippen molar-refractivity contribution < 1.29 is 18.8 Å². The smallest absolute Gasteiger partial charge is 0.309 e. The van der Waals surface area contributed by atoms with Gasteiger partial charge in [0.1, 0.15) is 12.3 Å². The van der Waals surface area contributed by atoms with E-state index in [4.69, 9.17) is 9.47 Å². The number of aryl methyl sites for hydroxylation is 1. The van der Waals surface area contributed by atoms with Crippen LogP contribution in [0.15, 0.2) is 54.6 Å². The number of carbonyl (C=O) groups is 1. The fourth-order valence-electron chi connectivity index (χ4n) is 4.78. The van der Waals surface area contributed by atoms with Crippen LogP contribution < -0.4 is 4.74 Å². The molecule has 0 radical (unpaired) electrons. The first-order valence-electron chi connectivity index (χ1n) is 14.7. The second kappa shape index (κ2) is 18.0. The molecule has 0 saturated heterocycles. The standard InChI is InChI=1S/C33H52NO3/c1-5-7-8-9-10-11-12-14-20-29-23-17-24-31(27-29)36-33(19-6-2)37-32(35)25-18-26-34(3,4)28-30-21-15-13-16-22-30/h13,15-17,21-24,27,33H,5-12,14,18-20,25-26,28H2,1-4H3/q+1. The van der Waals surface area contributed by atoms with Gasteiger partial charge in [0.05, 0.1) is 27.1 Å². The first-order valence-corrected chi connectivity index (χ1v) is 14.7. The number of ether oxygens (including phenoxy) is 2. The molecule has 0 bridgehead atoms. The molecule has 2 aromatic rings. The first kappa shape index (κ1) is 30.9. The molecule has 0 saturated carbocycles. The minimum Gasteiger partial charge on any atom is -0.455 e. The minimum atomic E-state index is -0.525. The van der Waals surface area contributed by atoms with Crippen molar-refractivity contribution in [1.82, 2.24) is 0 Å². The van der Waals surface area contributed by atoms with Gasteiger partial charge in [-0.15, -0.1) is 0 Å². The molecular weight excluding hydrogens is 458 g/mol. The Bertz CT molecular complexity index is 865. The summed E-state index contributed by atoms with van der Waals surface area (Å²) in [5, 5.41) is 0. The summed E-state index contributed by atoms with van der Waals surface area (Å²) in [6, 6.07) is 18.8. The van der Waals surface area contributed by atoms with Crippen LogP contribution in [0.25, 0.3) is 0 Å². The first-order chi connectivity index (χ1) is 17.9. The molecule has 0 heterocycles. The van der Waals surface area contributed by atoms with Crippen LogP contribution in [-0.2, 0) is 22.5 Å². The lowest BCUT2D eigenvalue weighted by atomic mass is 10.0. The van der Waals surface area contributed by atoms with Crippen molar-refractivity contribution in [2.45, 2.75) is 110 Å². The third-order valence-electron chi connectivity index (χ3n) is 6.87. The van der Waals surface area contributed by atoms with Gasteiger partial charge in [-0.3, -0.25) is 4.79 Å². The van der Waals surface area contributed by atoms with Gasteiger partial charge in [0.2, 0.25) is 6.29 Å². The highest BCUT2D eigenvalue weighted by Gasteiger charge is 2.19. The van der Waals surface area contributed by atoms with Crippen LogP contribution >= 0.6 is 0 Å². The van der Waals surface area contributed by atoms with Crippen LogP contribution in [0.1, 0.15) is 102 Å². The van der Waals surface area contributed by atoms with E-state index in [1.165, 1.54) is 62.5 Å². The molecule has 37 heavy (non-hydrogen) atoms. The second-order valence-corrected chi connectivity index (χ2v) is 11.1. The summed E-state index contributed by atoms with van der Waals surface area (Å²) in [6.45, 7) is 6.23. The largest absolute Gasteiger partial charge is 0.455 e. The van der Waals surface area contributed by atoms with Crippen molar-refractivity contribution >= 4 is 5.97 Å². The summed E-state index contributed by atoms with van der Waals surface area (Å²) in [4.78, 5) is 12.6. The van der Waals surface area contributed by atoms with Gasteiger partial charge in [-0.05, 0) is 37.0 Å². The predicted molar refractivity (Wildman–Crippen MR) is 155 cm³/mol. The molecule has 0 aliphatic heterocycles. The topological polar surface area (TPSA) is 35.5 Å². The van der Waals surface area contributed by atoms with Gasteiger partial charge >= 0.3 is 5.97 Å². The van der Waals surface area contributed by atoms with E-state index >= 15 is 0 Å². The van der Waals surface area contributed by atoms with Crippen molar-refractivity contribution in [3.63, 3.8) is 0 Å². The second-order valence-electron chi connectivity index (χ2n) is 11.1. The summed E-state index contributed by atoms with van der Waals surface area (Å²) >= 11 is 0. The van der Waals surface area contributed by atoms with E-state index in [1.807, 2.05) is 18.2 Å². The lowest BCUT2D eigenvalue weighted by Crippen LogP contribution is -2.39. The van der Waals surface area contributed by atoms with Gasteiger partial charge in [-0.1, -0.05) is 101 Å². The quantitative estimate of drug-likeness (QED) is 0.0775. The predicted octanol–water partition coefficient (Wildman–Crippen LogP) is 8.47. The van der Waals surface area contributed by atoms with Crippen LogP contribution in [0.3, 0.4) is 0 Å². The molecule has 0 spiro atoms. The SMILES string of the molecule is CCCCCCCCCCc1cccc(OC(CCC)OC(=O)CCC[N+](C)(C)Cc2ccccc2)c1. The number of quaternary nitrogens is 1. The third kappa shape index (κ3) is 14.3. The molecular formula is C33H52NO3+. The Balaban J connectivity index is 1.72. The number of carbonyl (C=O) groups excluding carboxylic acids is 1. The van der Waals surface area contributed by atoms with Crippen molar-refractivity contribution in [2.75, 3.05) is 20.6 Å². The molecule has 0 aromatic heterocycles. The van der Waals surface area contributed by atoms with Gasteiger partial charge in [-0.2, -0.15) is 0 Å². The van der Waals surface area contributed by atoms with Gasteiger partial charge in [0.15, 0.2) is 0 Å². The maximum absolute atomic E-state index is 12.6. The van der Waals surface area contributed by atoms with Crippen LogP contribution in [0.5, 0.6) is 5.75 Å². The Kier molecular flexibility index (Phi) is 15.0. The molecule has 206 valence electrons. The molecule has 4 nitrogen and oxygen atoms in total. The molecule has 0 fully saturated rings. The molecule has 1 unspecified atom stereocenters. The van der Waals surface area contributed by atoms with Gasteiger partial charge in [0, 0.05) is 18.4 Å². The highest BCUT2D eigenvalue weighted by atomic mass is 16.7. The molecule has 1 atom stereocenters. The van der Waals surface area contributed by atoms with Crippen molar-refractivity contribution in [1.29, 1.82) is 0 Å². The Hall–Kier alpha value is -2.33. The average molecular weight is 511 g/mol. The summed E-state index contributed by atoms with van der Waals surface area (Å²) in [5.41, 5.74) is 2.61. The molecule has 0 N–H and O–H groups in total. The summed E-state index contributed by atoms with van der Waals surface area (Å²) in [6.07, 6.45) is 14.0. The summed E-state index contributed by atoms with van der Waals surface area (Å²) < 4.78 is 12.7. The zero-order chi connectivity index (χ0) is 26.8. The maximum Gasteiger partial charge on any atom is 0.309 e. The monoisotopic (exact) mass is 510 g/mol. The lowest BCUT2D eigenvalue weighted by molar-refractivity contribution is -0.903. The fraction of sp³-hybridized carbons (Fsp3) is 0.606. The summed E-state index contributed by atoms with van der Waals surface area (Å²) in [7, 11) is 4.42. The van der Waals surface area contributed by atoms with E-state index in [0.717, 1.165) is 42.6 Å². The number of hydrogen-bond donors (Lipinski definition) is 0. The van der Waals surface area contributed by atoms with Crippen molar-refractivity contribution in [2.24, 2.45) is 0 Å². The molecule has 2 rings (SSSR count). The van der Waals surface area contributed by atoms with E-state index in [2.05, 4.69) is 64.3 Å². The minimum absolute atomic E-state index is 0.173. The zero-order valence-corrected chi connectivity index (χ0v) is 24.1. The number of esters is 1. The molecule has 2 aromatic carbocycles. The van der Waals surface area contributed by atoms with E-state index in [-0.39, 0.29) is 5.97 Å². The van der Waals surface area contributed by atoms with Gasteiger partial charge < -0.3 is 14.0 Å². The number of nitrogens with zero attached hydrogens (tertiary/aromatic N) is 1. The molecule has 0 aliphatic rings. The Morgan fingerprint density at radius 1 is 0.784 bits per heavy atom. The number of unbranched alkanes of at least 4 members (excludes halogenated alkanes) is 7. The van der Waals surface area contributed by atoms with E-state index < -0.39 is 6.29 Å². The van der Waals surface area contributed by atoms with Gasteiger partial charge in [0.25, 0.3) is 0 Å². The van der Waals surface area contributed by atoms with E-state index in [9.17, 15) is 4.79 Å². The van der Waals surface area contributed by atoms with Gasteiger partial charge in [-0.25, -0.2) is 0 Å². The molecule has 4 heteroatoms. The molecule has 0 amide bonds. The number of benzene rings is 2. The van der Waals surface area contributed by atoms with E-state index in [0.29, 0.717) is 12.8 Å². The maximum atomic E-state index is 12.6. The lowest BCUT2D eigenvalue weighted by Gasteiger charge is -2.30. The molecule has 0 aliphatic carbocycles. The van der Waals surface area contributed by atoms with E-state index in [1.54, 1.807) is 0 Å². The average Bonchev–Trinajstić information content (AvgIpc) is 2.86. The fourth-order valence-corrected chi connectivity index (χ4v) is 4.78. The van der Waals surface area contributed by atoms with Crippen molar-refractivity contribution in [3.05, 3.63) is 65.7 Å².